The predicted octanol–water partition coefficient (Wildman–Crippen LogP) is 3.51. The molecule has 26 heavy (non-hydrogen) atoms. The van der Waals surface area contributed by atoms with E-state index in [0.29, 0.717) is 18.6 Å². The fourth-order valence-corrected chi connectivity index (χ4v) is 4.22. The second-order valence-corrected chi connectivity index (χ2v) is 6.98. The van der Waals surface area contributed by atoms with Crippen LogP contribution in [0.2, 0.25) is 0 Å². The van der Waals surface area contributed by atoms with Gasteiger partial charge in [-0.05, 0) is 38.2 Å². The van der Waals surface area contributed by atoms with Gasteiger partial charge in [0.25, 0.3) is 0 Å². The maximum Gasteiger partial charge on any atom is 0.337 e. The van der Waals surface area contributed by atoms with Crippen LogP contribution in [0.3, 0.4) is 0 Å². The van der Waals surface area contributed by atoms with Crippen molar-refractivity contribution in [3.8, 4) is 0 Å². The van der Waals surface area contributed by atoms with Crippen LogP contribution < -0.4 is 0 Å². The van der Waals surface area contributed by atoms with E-state index in [4.69, 9.17) is 4.74 Å². The Balaban J connectivity index is 1.75. The van der Waals surface area contributed by atoms with Gasteiger partial charge in [0.05, 0.1) is 30.7 Å². The minimum Gasteiger partial charge on any atom is -0.463 e. The number of allylic oxidation sites excluding steroid dienone is 1. The minimum absolute atomic E-state index is 0.0274. The standard InChI is InChI=1S/C21H24N2O3/c1-2-26-21(25)17-14-22-19(24)13-18(15-9-5-3-6-10-15)23(22)20(17)16-11-7-4-8-12-16/h3,5-6,9-11,14,18,20H,2,4,7-8,12-13H2,1H3/t18-,20-/m1/s1. The van der Waals surface area contributed by atoms with Crippen molar-refractivity contribution in [2.24, 2.45) is 0 Å². The topological polar surface area (TPSA) is 49.9 Å². The molecular weight excluding hydrogens is 328 g/mol. The monoisotopic (exact) mass is 352 g/mol. The van der Waals surface area contributed by atoms with E-state index in [1.165, 1.54) is 12.0 Å². The molecule has 1 amide bonds. The fraction of sp³-hybridized carbons (Fsp3) is 0.429. The van der Waals surface area contributed by atoms with Gasteiger partial charge in [0.1, 0.15) is 0 Å². The molecule has 1 aliphatic carbocycles. The van der Waals surface area contributed by atoms with E-state index in [1.54, 1.807) is 11.2 Å². The molecule has 0 aromatic heterocycles. The molecule has 1 saturated heterocycles. The van der Waals surface area contributed by atoms with Crippen LogP contribution in [0.4, 0.5) is 0 Å². The van der Waals surface area contributed by atoms with Gasteiger partial charge in [-0.25, -0.2) is 9.80 Å². The number of esters is 1. The highest BCUT2D eigenvalue weighted by Crippen LogP contribution is 2.44. The Morgan fingerprint density at radius 3 is 2.73 bits per heavy atom. The summed E-state index contributed by atoms with van der Waals surface area (Å²) in [6.07, 6.45) is 8.66. The van der Waals surface area contributed by atoms with Gasteiger partial charge in [0.2, 0.25) is 5.91 Å². The number of amides is 1. The minimum atomic E-state index is -0.321. The smallest absolute Gasteiger partial charge is 0.337 e. The Kier molecular flexibility index (Phi) is 4.64. The molecule has 4 rings (SSSR count). The number of hydrogen-bond donors (Lipinski definition) is 0. The van der Waals surface area contributed by atoms with E-state index in [1.807, 2.05) is 25.1 Å². The van der Waals surface area contributed by atoms with Crippen molar-refractivity contribution in [1.82, 2.24) is 10.0 Å². The molecule has 5 nitrogen and oxygen atoms in total. The van der Waals surface area contributed by atoms with Crippen molar-refractivity contribution in [2.75, 3.05) is 6.61 Å². The lowest BCUT2D eigenvalue weighted by atomic mass is 9.89. The second kappa shape index (κ2) is 7.08. The molecule has 2 aliphatic heterocycles. The molecule has 0 unspecified atom stereocenters. The first-order chi connectivity index (χ1) is 12.7. The number of nitrogens with zero attached hydrogens (tertiary/aromatic N) is 2. The van der Waals surface area contributed by atoms with Gasteiger partial charge in [-0.2, -0.15) is 5.01 Å². The van der Waals surface area contributed by atoms with Crippen molar-refractivity contribution < 1.29 is 14.3 Å². The van der Waals surface area contributed by atoms with Gasteiger partial charge in [0.15, 0.2) is 0 Å². The second-order valence-electron chi connectivity index (χ2n) is 6.98. The van der Waals surface area contributed by atoms with Crippen LogP contribution in [-0.2, 0) is 14.3 Å². The van der Waals surface area contributed by atoms with Crippen LogP contribution >= 0.6 is 0 Å². The number of rotatable bonds is 4. The first-order valence-electron chi connectivity index (χ1n) is 9.43. The lowest BCUT2D eigenvalue weighted by Gasteiger charge is -2.34. The Hall–Kier alpha value is -2.40. The maximum absolute atomic E-state index is 12.7. The molecule has 1 fully saturated rings. The van der Waals surface area contributed by atoms with Gasteiger partial charge < -0.3 is 4.74 Å². The zero-order valence-electron chi connectivity index (χ0n) is 15.1. The Morgan fingerprint density at radius 2 is 2.04 bits per heavy atom. The summed E-state index contributed by atoms with van der Waals surface area (Å²) in [6.45, 7) is 2.14. The third-order valence-electron chi connectivity index (χ3n) is 5.38. The van der Waals surface area contributed by atoms with Crippen molar-refractivity contribution >= 4 is 11.9 Å². The molecule has 0 radical (unpaired) electrons. The van der Waals surface area contributed by atoms with Crippen molar-refractivity contribution in [2.45, 2.75) is 51.1 Å². The van der Waals surface area contributed by atoms with E-state index in [0.717, 1.165) is 24.8 Å². The summed E-state index contributed by atoms with van der Waals surface area (Å²) in [6, 6.07) is 9.81. The lowest BCUT2D eigenvalue weighted by molar-refractivity contribution is -0.139. The highest BCUT2D eigenvalue weighted by Gasteiger charge is 2.50. The maximum atomic E-state index is 12.7. The van der Waals surface area contributed by atoms with Crippen molar-refractivity contribution in [3.63, 3.8) is 0 Å². The van der Waals surface area contributed by atoms with E-state index in [9.17, 15) is 9.59 Å². The third kappa shape index (κ3) is 2.86. The highest BCUT2D eigenvalue weighted by atomic mass is 16.5. The van der Waals surface area contributed by atoms with Crippen LogP contribution in [0.5, 0.6) is 0 Å². The molecular formula is C21H24N2O3. The van der Waals surface area contributed by atoms with Gasteiger partial charge in [-0.15, -0.1) is 0 Å². The summed E-state index contributed by atoms with van der Waals surface area (Å²) < 4.78 is 5.29. The van der Waals surface area contributed by atoms with E-state index >= 15 is 0 Å². The number of hydrogen-bond acceptors (Lipinski definition) is 4. The van der Waals surface area contributed by atoms with E-state index < -0.39 is 0 Å². The Morgan fingerprint density at radius 1 is 1.23 bits per heavy atom. The van der Waals surface area contributed by atoms with Gasteiger partial charge in [0, 0.05) is 6.20 Å². The number of carbonyl (C=O) groups is 2. The summed E-state index contributed by atoms with van der Waals surface area (Å²) in [4.78, 5) is 25.3. The molecule has 0 saturated carbocycles. The largest absolute Gasteiger partial charge is 0.463 e. The lowest BCUT2D eigenvalue weighted by Crippen LogP contribution is -2.41. The van der Waals surface area contributed by atoms with Gasteiger partial charge in [-0.3, -0.25) is 4.79 Å². The van der Waals surface area contributed by atoms with Gasteiger partial charge >= 0.3 is 5.97 Å². The van der Waals surface area contributed by atoms with Crippen LogP contribution in [0.1, 0.15) is 50.6 Å². The quantitative estimate of drug-likeness (QED) is 0.615. The van der Waals surface area contributed by atoms with Crippen molar-refractivity contribution in [1.29, 1.82) is 0 Å². The first kappa shape index (κ1) is 17.0. The van der Waals surface area contributed by atoms with Crippen LogP contribution in [0, 0.1) is 0 Å². The fourth-order valence-electron chi connectivity index (χ4n) is 4.22. The average Bonchev–Trinajstić information content (AvgIpc) is 3.21. The summed E-state index contributed by atoms with van der Waals surface area (Å²) in [5.41, 5.74) is 2.91. The zero-order valence-corrected chi connectivity index (χ0v) is 15.1. The predicted molar refractivity (Wildman–Crippen MR) is 97.5 cm³/mol. The molecule has 2 atom stereocenters. The molecule has 0 bridgehead atoms. The number of carbonyl (C=O) groups excluding carboxylic acids is 2. The Labute approximate surface area is 153 Å². The molecule has 0 spiro atoms. The zero-order chi connectivity index (χ0) is 18.1. The van der Waals surface area contributed by atoms with Crippen LogP contribution in [0.15, 0.2) is 53.8 Å². The summed E-state index contributed by atoms with van der Waals surface area (Å²) in [7, 11) is 0. The van der Waals surface area contributed by atoms with Gasteiger partial charge in [-0.1, -0.05) is 42.0 Å². The van der Waals surface area contributed by atoms with Crippen LogP contribution in [0.25, 0.3) is 0 Å². The molecule has 2 heterocycles. The number of hydrazine groups is 1. The van der Waals surface area contributed by atoms with Crippen LogP contribution in [-0.4, -0.2) is 34.5 Å². The summed E-state index contributed by atoms with van der Waals surface area (Å²) >= 11 is 0. The summed E-state index contributed by atoms with van der Waals surface area (Å²) in [5.74, 6) is -0.294. The third-order valence-corrected chi connectivity index (χ3v) is 5.38. The average molecular weight is 352 g/mol. The molecule has 3 aliphatic rings. The summed E-state index contributed by atoms with van der Waals surface area (Å²) in [5, 5.41) is 3.73. The number of benzene rings is 1. The molecule has 136 valence electrons. The molecule has 1 aromatic rings. The Bertz CT molecular complexity index is 769. The molecule has 5 heteroatoms. The number of ether oxygens (including phenoxy) is 1. The van der Waals surface area contributed by atoms with E-state index in [-0.39, 0.29) is 24.0 Å². The highest BCUT2D eigenvalue weighted by molar-refractivity contribution is 5.93. The molecule has 1 aromatic carbocycles. The van der Waals surface area contributed by atoms with Crippen molar-refractivity contribution in [3.05, 3.63) is 59.3 Å². The molecule has 0 N–H and O–H groups in total. The van der Waals surface area contributed by atoms with E-state index in [2.05, 4.69) is 23.2 Å². The first-order valence-corrected chi connectivity index (χ1v) is 9.43. The normalized spacial score (nSPS) is 25.7. The number of fused-ring (bicyclic) bond motifs is 1. The SMILES string of the molecule is CCOC(=O)C1=CN2C(=O)C[C@H](c3ccccc3)N2[C@@H]1C1=CCCCC1.